The van der Waals surface area contributed by atoms with Crippen LogP contribution in [-0.4, -0.2) is 27.3 Å². The first-order valence-electron chi connectivity index (χ1n) is 8.75. The molecule has 0 unspecified atom stereocenters. The molecule has 0 radical (unpaired) electrons. The molecule has 0 aliphatic carbocycles. The van der Waals surface area contributed by atoms with Gasteiger partial charge < -0.3 is 14.5 Å². The third kappa shape index (κ3) is 3.91. The van der Waals surface area contributed by atoms with Crippen molar-refractivity contribution in [2.75, 3.05) is 5.32 Å². The summed E-state index contributed by atoms with van der Waals surface area (Å²) in [5.41, 5.74) is 1.54. The summed E-state index contributed by atoms with van der Waals surface area (Å²) in [7, 11) is 0. The average molecular weight is 395 g/mol. The number of benzene rings is 2. The molecule has 0 spiro atoms. The standard InChI is InChI=1S/C20H17N3O4S/c1-12(19-22-23-20(27-19)13-7-3-2-4-8-13)26-17(24)11-16-18(25)21-14-9-5-6-10-15(14)28-16/h2-10,12,16H,11H2,1H3,(H,21,25)/t12-,16+/m0/s1. The number of amides is 1. The Morgan fingerprint density at radius 3 is 2.75 bits per heavy atom. The summed E-state index contributed by atoms with van der Waals surface area (Å²) in [6.45, 7) is 1.66. The topological polar surface area (TPSA) is 94.3 Å². The van der Waals surface area contributed by atoms with Crippen molar-refractivity contribution in [1.29, 1.82) is 0 Å². The second kappa shape index (κ2) is 7.85. The van der Waals surface area contributed by atoms with Crippen LogP contribution in [0, 0.1) is 0 Å². The van der Waals surface area contributed by atoms with Crippen LogP contribution >= 0.6 is 11.8 Å². The van der Waals surface area contributed by atoms with E-state index >= 15 is 0 Å². The van der Waals surface area contributed by atoms with Gasteiger partial charge in [0.15, 0.2) is 6.10 Å². The van der Waals surface area contributed by atoms with E-state index in [1.54, 1.807) is 6.92 Å². The second-order valence-electron chi connectivity index (χ2n) is 6.24. The number of carbonyl (C=O) groups is 2. The van der Waals surface area contributed by atoms with Crippen molar-refractivity contribution in [2.45, 2.75) is 29.6 Å². The SMILES string of the molecule is C[C@H](OC(=O)C[C@H]1Sc2ccccc2NC1=O)c1nnc(-c2ccccc2)o1. The molecule has 1 aliphatic rings. The fourth-order valence-electron chi connectivity index (χ4n) is 2.77. The maximum atomic E-state index is 12.3. The van der Waals surface area contributed by atoms with Gasteiger partial charge in [-0.05, 0) is 31.2 Å². The Morgan fingerprint density at radius 1 is 1.18 bits per heavy atom. The number of thioether (sulfide) groups is 1. The number of nitrogens with one attached hydrogen (secondary N) is 1. The van der Waals surface area contributed by atoms with Crippen molar-refractivity contribution in [3.05, 3.63) is 60.5 Å². The molecule has 0 bridgehead atoms. The Hall–Kier alpha value is -3.13. The predicted octanol–water partition coefficient (Wildman–Crippen LogP) is 3.84. The molecule has 2 aromatic carbocycles. The lowest BCUT2D eigenvalue weighted by molar-refractivity contribution is -0.150. The lowest BCUT2D eigenvalue weighted by Crippen LogP contribution is -2.31. The van der Waals surface area contributed by atoms with E-state index in [9.17, 15) is 9.59 Å². The zero-order chi connectivity index (χ0) is 19.5. The fraction of sp³-hybridized carbons (Fsp3) is 0.200. The largest absolute Gasteiger partial charge is 0.453 e. The summed E-state index contributed by atoms with van der Waals surface area (Å²) >= 11 is 1.35. The van der Waals surface area contributed by atoms with Gasteiger partial charge in [0, 0.05) is 10.5 Å². The number of esters is 1. The molecule has 0 saturated carbocycles. The normalized spacial score (nSPS) is 16.8. The van der Waals surface area contributed by atoms with Crippen LogP contribution in [0.1, 0.15) is 25.3 Å². The molecular formula is C20H17N3O4S. The number of hydrogen-bond donors (Lipinski definition) is 1. The molecule has 2 heterocycles. The molecule has 1 amide bonds. The molecule has 1 aromatic heterocycles. The molecule has 1 N–H and O–H groups in total. The molecule has 142 valence electrons. The minimum atomic E-state index is -0.707. The molecule has 0 saturated heterocycles. The van der Waals surface area contributed by atoms with Crippen molar-refractivity contribution in [3.8, 4) is 11.5 Å². The van der Waals surface area contributed by atoms with Gasteiger partial charge in [-0.2, -0.15) is 0 Å². The highest BCUT2D eigenvalue weighted by Crippen LogP contribution is 2.37. The minimum Gasteiger partial charge on any atom is -0.453 e. The van der Waals surface area contributed by atoms with Gasteiger partial charge in [0.05, 0.1) is 17.4 Å². The van der Waals surface area contributed by atoms with Crippen molar-refractivity contribution in [1.82, 2.24) is 10.2 Å². The molecule has 2 atom stereocenters. The number of ether oxygens (including phenoxy) is 1. The monoisotopic (exact) mass is 395 g/mol. The molecule has 8 heteroatoms. The number of rotatable bonds is 5. The van der Waals surface area contributed by atoms with Crippen LogP contribution in [0.2, 0.25) is 0 Å². The molecule has 3 aromatic rings. The summed E-state index contributed by atoms with van der Waals surface area (Å²) in [6.07, 6.45) is -0.754. The van der Waals surface area contributed by atoms with Gasteiger partial charge in [-0.1, -0.05) is 30.3 Å². The highest BCUT2D eigenvalue weighted by molar-refractivity contribution is 8.01. The summed E-state index contributed by atoms with van der Waals surface area (Å²) in [4.78, 5) is 25.5. The van der Waals surface area contributed by atoms with Gasteiger partial charge in [0.1, 0.15) is 0 Å². The smallest absolute Gasteiger partial charge is 0.308 e. The van der Waals surface area contributed by atoms with Gasteiger partial charge in [0.2, 0.25) is 11.8 Å². The zero-order valence-electron chi connectivity index (χ0n) is 15.0. The van der Waals surface area contributed by atoms with E-state index in [4.69, 9.17) is 9.15 Å². The fourth-order valence-corrected chi connectivity index (χ4v) is 3.87. The lowest BCUT2D eigenvalue weighted by Gasteiger charge is -2.23. The van der Waals surface area contributed by atoms with Gasteiger partial charge in [-0.3, -0.25) is 9.59 Å². The number of fused-ring (bicyclic) bond motifs is 1. The van der Waals surface area contributed by atoms with Crippen LogP contribution in [0.15, 0.2) is 63.9 Å². The van der Waals surface area contributed by atoms with Gasteiger partial charge >= 0.3 is 5.97 Å². The van der Waals surface area contributed by atoms with Crippen LogP contribution in [0.4, 0.5) is 5.69 Å². The number of nitrogens with zero attached hydrogens (tertiary/aromatic N) is 2. The van der Waals surface area contributed by atoms with E-state index in [-0.39, 0.29) is 18.2 Å². The highest BCUT2D eigenvalue weighted by atomic mass is 32.2. The van der Waals surface area contributed by atoms with Crippen LogP contribution in [0.25, 0.3) is 11.5 Å². The van der Waals surface area contributed by atoms with Crippen LogP contribution in [0.5, 0.6) is 0 Å². The highest BCUT2D eigenvalue weighted by Gasteiger charge is 2.30. The molecule has 4 rings (SSSR count). The summed E-state index contributed by atoms with van der Waals surface area (Å²) < 4.78 is 11.0. The van der Waals surface area contributed by atoms with Crippen molar-refractivity contribution >= 4 is 29.3 Å². The Morgan fingerprint density at radius 2 is 1.93 bits per heavy atom. The van der Waals surface area contributed by atoms with E-state index < -0.39 is 17.3 Å². The lowest BCUT2D eigenvalue weighted by atomic mass is 10.2. The Labute approximate surface area is 165 Å². The molecule has 1 aliphatic heterocycles. The van der Waals surface area contributed by atoms with E-state index in [1.807, 2.05) is 54.6 Å². The van der Waals surface area contributed by atoms with E-state index in [0.717, 1.165) is 16.1 Å². The van der Waals surface area contributed by atoms with Gasteiger partial charge in [0.25, 0.3) is 5.89 Å². The Bertz CT molecular complexity index is 1010. The summed E-state index contributed by atoms with van der Waals surface area (Å²) in [5, 5.41) is 10.2. The van der Waals surface area contributed by atoms with E-state index in [1.165, 1.54) is 11.8 Å². The van der Waals surface area contributed by atoms with E-state index in [0.29, 0.717) is 5.89 Å². The van der Waals surface area contributed by atoms with Crippen molar-refractivity contribution in [3.63, 3.8) is 0 Å². The number of aromatic nitrogens is 2. The van der Waals surface area contributed by atoms with Gasteiger partial charge in [-0.25, -0.2) is 0 Å². The first-order valence-corrected chi connectivity index (χ1v) is 9.63. The second-order valence-corrected chi connectivity index (χ2v) is 7.48. The van der Waals surface area contributed by atoms with E-state index in [2.05, 4.69) is 15.5 Å². The van der Waals surface area contributed by atoms with Crippen molar-refractivity contribution < 1.29 is 18.7 Å². The van der Waals surface area contributed by atoms with Gasteiger partial charge in [-0.15, -0.1) is 22.0 Å². The van der Waals surface area contributed by atoms with Crippen LogP contribution < -0.4 is 5.32 Å². The Kier molecular flexibility index (Phi) is 5.12. The maximum absolute atomic E-state index is 12.3. The third-order valence-corrected chi connectivity index (χ3v) is 5.45. The number of hydrogen-bond acceptors (Lipinski definition) is 7. The summed E-state index contributed by atoms with van der Waals surface area (Å²) in [6, 6.07) is 16.8. The number of para-hydroxylation sites is 1. The first kappa shape index (κ1) is 18.2. The van der Waals surface area contributed by atoms with Crippen LogP contribution in [0.3, 0.4) is 0 Å². The first-order chi connectivity index (χ1) is 13.6. The number of carbonyl (C=O) groups excluding carboxylic acids is 2. The Balaban J connectivity index is 1.38. The number of anilines is 1. The summed E-state index contributed by atoms with van der Waals surface area (Å²) in [5.74, 6) is -0.146. The maximum Gasteiger partial charge on any atom is 0.308 e. The quantitative estimate of drug-likeness (QED) is 0.656. The molecule has 7 nitrogen and oxygen atoms in total. The predicted molar refractivity (Wildman–Crippen MR) is 104 cm³/mol. The molecule has 28 heavy (non-hydrogen) atoms. The van der Waals surface area contributed by atoms with Crippen LogP contribution in [-0.2, 0) is 14.3 Å². The van der Waals surface area contributed by atoms with Crippen molar-refractivity contribution in [2.24, 2.45) is 0 Å². The minimum absolute atomic E-state index is 0.0468. The molecule has 0 fully saturated rings. The average Bonchev–Trinajstić information content (AvgIpc) is 3.20. The zero-order valence-corrected chi connectivity index (χ0v) is 15.8. The third-order valence-electron chi connectivity index (χ3n) is 4.18. The molecular weight excluding hydrogens is 378 g/mol.